The third-order valence-electron chi connectivity index (χ3n) is 5.37. The molecule has 172 valence electrons. The first-order chi connectivity index (χ1) is 15.2. The second-order valence-electron chi connectivity index (χ2n) is 8.21. The summed E-state index contributed by atoms with van der Waals surface area (Å²) in [6, 6.07) is 5.69. The average molecular weight is 446 g/mol. The predicted molar refractivity (Wildman–Crippen MR) is 122 cm³/mol. The molecule has 0 radical (unpaired) electrons. The Morgan fingerprint density at radius 3 is 2.31 bits per heavy atom. The number of nitrogens with zero attached hydrogens (tertiary/aromatic N) is 4. The fraction of sp³-hybridized carbons (Fsp3) is 0.417. The van der Waals surface area contributed by atoms with Gasteiger partial charge in [-0.3, -0.25) is 9.97 Å². The Kier molecular flexibility index (Phi) is 7.56. The third kappa shape index (κ3) is 5.88. The number of allylic oxidation sites excluding steroid dienone is 4. The molecule has 3 rings (SSSR count). The zero-order chi connectivity index (χ0) is 23.3. The van der Waals surface area contributed by atoms with Gasteiger partial charge in [0.1, 0.15) is 0 Å². The molecule has 1 saturated heterocycles. The fourth-order valence-corrected chi connectivity index (χ4v) is 3.73. The van der Waals surface area contributed by atoms with E-state index >= 15 is 0 Å². The first-order valence-corrected chi connectivity index (χ1v) is 10.7. The lowest BCUT2D eigenvalue weighted by Gasteiger charge is -2.38. The van der Waals surface area contributed by atoms with E-state index < -0.39 is 11.7 Å². The Balaban J connectivity index is 1.97. The van der Waals surface area contributed by atoms with E-state index in [-0.39, 0.29) is 5.70 Å². The van der Waals surface area contributed by atoms with Gasteiger partial charge < -0.3 is 15.1 Å². The van der Waals surface area contributed by atoms with Crippen molar-refractivity contribution in [2.24, 2.45) is 0 Å². The number of hydrogen-bond donors (Lipinski definition) is 1. The Bertz CT molecular complexity index is 1030. The topological polar surface area (TPSA) is 44.3 Å². The van der Waals surface area contributed by atoms with Crippen molar-refractivity contribution in [3.63, 3.8) is 0 Å². The monoisotopic (exact) mass is 445 g/mol. The molecule has 0 unspecified atom stereocenters. The van der Waals surface area contributed by atoms with Crippen LogP contribution in [0.1, 0.15) is 26.3 Å². The molecule has 0 spiro atoms. The Labute approximate surface area is 187 Å². The van der Waals surface area contributed by atoms with E-state index in [1.807, 2.05) is 30.1 Å². The van der Waals surface area contributed by atoms with E-state index in [2.05, 4.69) is 20.2 Å². The van der Waals surface area contributed by atoms with Gasteiger partial charge in [0.05, 0.1) is 28.0 Å². The van der Waals surface area contributed by atoms with Crippen LogP contribution in [0.4, 0.5) is 13.2 Å². The summed E-state index contributed by atoms with van der Waals surface area (Å²) in [5.41, 5.74) is 3.12. The van der Waals surface area contributed by atoms with Gasteiger partial charge in [-0.1, -0.05) is 17.7 Å². The summed E-state index contributed by atoms with van der Waals surface area (Å²) in [6.45, 7) is 8.01. The van der Waals surface area contributed by atoms with Gasteiger partial charge in [-0.15, -0.1) is 0 Å². The van der Waals surface area contributed by atoms with Crippen LogP contribution < -0.4 is 5.32 Å². The third-order valence-corrected chi connectivity index (χ3v) is 5.37. The second kappa shape index (κ2) is 10.2. The van der Waals surface area contributed by atoms with Crippen molar-refractivity contribution in [2.45, 2.75) is 33.5 Å². The number of nitrogens with one attached hydrogen (secondary N) is 1. The smallest absolute Gasteiger partial charge is 0.380 e. The van der Waals surface area contributed by atoms with Crippen molar-refractivity contribution in [3.8, 4) is 0 Å². The predicted octanol–water partition coefficient (Wildman–Crippen LogP) is 4.65. The molecule has 1 aliphatic heterocycles. The van der Waals surface area contributed by atoms with E-state index in [9.17, 15) is 13.2 Å². The number of alkyl halides is 3. The summed E-state index contributed by atoms with van der Waals surface area (Å²) in [4.78, 5) is 12.5. The highest BCUT2D eigenvalue weighted by atomic mass is 19.4. The number of aromatic nitrogens is 2. The summed E-state index contributed by atoms with van der Waals surface area (Å²) in [7, 11) is 1.99. The first kappa shape index (κ1) is 23.8. The van der Waals surface area contributed by atoms with Crippen LogP contribution in [-0.2, 0) is 6.54 Å². The zero-order valence-electron chi connectivity index (χ0n) is 19.0. The fourth-order valence-electron chi connectivity index (χ4n) is 3.73. The van der Waals surface area contributed by atoms with Crippen molar-refractivity contribution in [3.05, 3.63) is 70.8 Å². The molecular formula is C24H30F3N5. The van der Waals surface area contributed by atoms with E-state index in [0.29, 0.717) is 44.0 Å². The van der Waals surface area contributed by atoms with Crippen LogP contribution in [0.5, 0.6) is 0 Å². The average Bonchev–Trinajstić information content (AvgIpc) is 2.75. The number of fused-ring (bicyclic) bond motifs is 1. The molecule has 32 heavy (non-hydrogen) atoms. The van der Waals surface area contributed by atoms with Crippen molar-refractivity contribution >= 4 is 11.0 Å². The summed E-state index contributed by atoms with van der Waals surface area (Å²) in [5.74, 6) is 0. The van der Waals surface area contributed by atoms with Crippen molar-refractivity contribution in [2.75, 3.05) is 33.2 Å². The molecule has 1 N–H and O–H groups in total. The molecule has 5 nitrogen and oxygen atoms in total. The zero-order valence-corrected chi connectivity index (χ0v) is 19.0. The number of rotatable bonds is 6. The number of halogens is 3. The highest BCUT2D eigenvalue weighted by molar-refractivity contribution is 5.74. The number of benzene rings is 1. The Morgan fingerprint density at radius 2 is 1.72 bits per heavy atom. The van der Waals surface area contributed by atoms with Gasteiger partial charge in [-0.2, -0.15) is 13.2 Å². The molecular weight excluding hydrogens is 415 g/mol. The lowest BCUT2D eigenvalue weighted by Crippen LogP contribution is -2.46. The van der Waals surface area contributed by atoms with Crippen LogP contribution >= 0.6 is 0 Å². The van der Waals surface area contributed by atoms with Gasteiger partial charge >= 0.3 is 6.18 Å². The minimum atomic E-state index is -4.47. The molecule has 0 atom stereocenters. The summed E-state index contributed by atoms with van der Waals surface area (Å²) in [6.07, 6.45) is 1.75. The minimum absolute atomic E-state index is 0.204. The molecule has 1 aliphatic rings. The number of hydrogen-bond acceptors (Lipinski definition) is 5. The molecule has 1 fully saturated rings. The molecule has 1 aromatic carbocycles. The maximum atomic E-state index is 14.2. The van der Waals surface area contributed by atoms with E-state index in [0.717, 1.165) is 16.6 Å². The van der Waals surface area contributed by atoms with Crippen LogP contribution in [0.2, 0.25) is 0 Å². The Morgan fingerprint density at radius 1 is 1.06 bits per heavy atom. The maximum absolute atomic E-state index is 14.2. The van der Waals surface area contributed by atoms with Crippen molar-refractivity contribution < 1.29 is 13.2 Å². The number of likely N-dealkylation sites (N-methyl/N-ethyl adjacent to an activating group) is 1. The minimum Gasteiger partial charge on any atom is -0.380 e. The van der Waals surface area contributed by atoms with Crippen molar-refractivity contribution in [1.82, 2.24) is 25.1 Å². The molecule has 0 aliphatic carbocycles. The van der Waals surface area contributed by atoms with E-state index in [4.69, 9.17) is 0 Å². The van der Waals surface area contributed by atoms with Gasteiger partial charge in [-0.25, -0.2) is 0 Å². The second-order valence-corrected chi connectivity index (χ2v) is 8.21. The standard InChI is InChI=1S/C24H30F3N5/c1-5-20(30-16-18-6-7-21-22(15-18)29-9-8-28-21)23(32-12-10-31(4)11-13-32)19(14-17(2)3)24(25,26)27/h5-9,14-15,30H,10-13,16H2,1-4H3/b20-5+,23-19-. The normalized spacial score (nSPS) is 16.7. The van der Waals surface area contributed by atoms with E-state index in [1.165, 1.54) is 6.08 Å². The lowest BCUT2D eigenvalue weighted by atomic mass is 10.0. The molecule has 0 saturated carbocycles. The largest absolute Gasteiger partial charge is 0.418 e. The number of piperazine rings is 1. The Hall–Kier alpha value is -2.87. The van der Waals surface area contributed by atoms with Crippen LogP contribution in [0.15, 0.2) is 65.3 Å². The summed E-state index contributed by atoms with van der Waals surface area (Å²) < 4.78 is 42.6. The molecule has 2 heterocycles. The maximum Gasteiger partial charge on any atom is 0.418 e. The molecule has 1 aromatic heterocycles. The highest BCUT2D eigenvalue weighted by Gasteiger charge is 2.38. The summed E-state index contributed by atoms with van der Waals surface area (Å²) in [5, 5.41) is 3.26. The molecule has 8 heteroatoms. The van der Waals surface area contributed by atoms with Gasteiger partial charge in [0, 0.05) is 45.1 Å². The highest BCUT2D eigenvalue weighted by Crippen LogP contribution is 2.34. The molecule has 0 amide bonds. The van der Waals surface area contributed by atoms with Crippen molar-refractivity contribution in [1.29, 1.82) is 0 Å². The van der Waals surface area contributed by atoms with Crippen LogP contribution in [0.25, 0.3) is 11.0 Å². The van der Waals surface area contributed by atoms with Crippen LogP contribution in [0, 0.1) is 0 Å². The van der Waals surface area contributed by atoms with Crippen LogP contribution in [-0.4, -0.2) is 59.2 Å². The van der Waals surface area contributed by atoms with Gasteiger partial charge in [-0.05, 0) is 51.6 Å². The SMILES string of the molecule is C/C=C(NCc1ccc2nccnc2c1)\C(=C(/C=C(C)C)C(F)(F)F)N1CCN(C)CC1. The molecule has 0 bridgehead atoms. The van der Waals surface area contributed by atoms with Gasteiger partial charge in [0.25, 0.3) is 0 Å². The van der Waals surface area contributed by atoms with E-state index in [1.54, 1.807) is 39.2 Å². The summed E-state index contributed by atoms with van der Waals surface area (Å²) >= 11 is 0. The van der Waals surface area contributed by atoms with Gasteiger partial charge in [0.15, 0.2) is 0 Å². The molecule has 2 aromatic rings. The lowest BCUT2D eigenvalue weighted by molar-refractivity contribution is -0.0904. The first-order valence-electron chi connectivity index (χ1n) is 10.7. The quantitative estimate of drug-likeness (QED) is 0.656. The van der Waals surface area contributed by atoms with Crippen LogP contribution in [0.3, 0.4) is 0 Å². The van der Waals surface area contributed by atoms with Gasteiger partial charge in [0.2, 0.25) is 0 Å².